The van der Waals surface area contributed by atoms with Gasteiger partial charge in [0.2, 0.25) is 0 Å². The molecule has 0 bridgehead atoms. The molecule has 2 aliphatic rings. The zero-order valence-corrected chi connectivity index (χ0v) is 35.5. The molecule has 5 aromatic rings. The van der Waals surface area contributed by atoms with Crippen molar-refractivity contribution in [3.05, 3.63) is 161 Å². The monoisotopic (exact) mass is 824 g/mol. The van der Waals surface area contributed by atoms with Crippen molar-refractivity contribution < 1.29 is 17.1 Å². The van der Waals surface area contributed by atoms with E-state index in [1.165, 1.54) is 44.5 Å². The van der Waals surface area contributed by atoms with Gasteiger partial charge in [-0.2, -0.15) is 0 Å². The molecule has 2 heteroatoms. The van der Waals surface area contributed by atoms with Gasteiger partial charge in [0, 0.05) is 0 Å². The van der Waals surface area contributed by atoms with E-state index in [1.54, 1.807) is 16.3 Å². The van der Waals surface area contributed by atoms with E-state index in [0.717, 1.165) is 0 Å². The Bertz CT molecular complexity index is 2050. The number of rotatable bonds is 5. The predicted molar refractivity (Wildman–Crippen MR) is 214 cm³/mol. The molecule has 49 heavy (non-hydrogen) atoms. The average Bonchev–Trinajstić information content (AvgIpc) is 3.74. The van der Waals surface area contributed by atoms with E-state index < -0.39 is 22.6 Å². The minimum absolute atomic E-state index is 0.144. The molecule has 7 rings (SSSR count). The molecule has 0 spiro atoms. The predicted octanol–water partition coefficient (Wildman–Crippen LogP) is 12.8. The topological polar surface area (TPSA) is 0 Å². The van der Waals surface area contributed by atoms with Gasteiger partial charge in [0.15, 0.2) is 0 Å². The van der Waals surface area contributed by atoms with Crippen molar-refractivity contribution in [2.75, 3.05) is 0 Å². The van der Waals surface area contributed by atoms with E-state index in [-0.39, 0.29) is 10.8 Å². The molecule has 0 saturated heterocycles. The van der Waals surface area contributed by atoms with Crippen molar-refractivity contribution in [1.82, 2.24) is 0 Å². The Morgan fingerprint density at radius 1 is 0.490 bits per heavy atom. The van der Waals surface area contributed by atoms with E-state index in [9.17, 15) is 0 Å². The standard InChI is InChI=1S/2C19H19.C7H8Si.2CH3.Hf/c2*1-19(2,3)16-12-10-15(11-13-16)18-9-5-7-14-6-4-8-17(14)18;1-8-7-5-3-2-4-6-7;;;/h2*4-13H,1-3H3;2-6H,1H3;2*1H3;. The van der Waals surface area contributed by atoms with Crippen LogP contribution in [-0.2, 0) is 28.0 Å². The summed E-state index contributed by atoms with van der Waals surface area (Å²) in [6, 6.07) is 44.5. The normalized spacial score (nSPS) is 17.3. The van der Waals surface area contributed by atoms with Crippen molar-refractivity contribution in [3.63, 3.8) is 0 Å². The van der Waals surface area contributed by atoms with Gasteiger partial charge >= 0.3 is 299 Å². The van der Waals surface area contributed by atoms with E-state index in [1.807, 2.05) is 0 Å². The molecular formula is C47H52HfSi. The number of hydrogen-bond donors (Lipinski definition) is 0. The van der Waals surface area contributed by atoms with Gasteiger partial charge in [-0.3, -0.25) is 0 Å². The summed E-state index contributed by atoms with van der Waals surface area (Å²) < 4.78 is 6.61. The van der Waals surface area contributed by atoms with E-state index in [2.05, 4.69) is 197 Å². The van der Waals surface area contributed by atoms with Crippen molar-refractivity contribution in [1.29, 1.82) is 0 Å². The van der Waals surface area contributed by atoms with E-state index in [4.69, 9.17) is 0 Å². The maximum absolute atomic E-state index is 4.08. The van der Waals surface area contributed by atoms with Crippen LogP contribution >= 0.6 is 0 Å². The molecule has 0 aliphatic heterocycles. The van der Waals surface area contributed by atoms with Crippen molar-refractivity contribution in [2.24, 2.45) is 0 Å². The van der Waals surface area contributed by atoms with Crippen LogP contribution in [-0.4, -0.2) is 5.49 Å². The van der Waals surface area contributed by atoms with Crippen LogP contribution < -0.4 is 5.19 Å². The van der Waals surface area contributed by atoms with E-state index in [0.29, 0.717) is 7.35 Å². The molecule has 248 valence electrons. The van der Waals surface area contributed by atoms with Crippen molar-refractivity contribution in [3.8, 4) is 22.3 Å². The SMILES string of the molecule is C[Si](c1ccccc1)=[Hf]([CH3])([CH3])([CH]1C=Cc2c(-c3ccc(C(C)(C)C)cc3)cccc21)[CH]1C=Cc2c(-c3ccc(C(C)(C)C)cc3)cccc21. The summed E-state index contributed by atoms with van der Waals surface area (Å²) in [7, 11) is 0. The van der Waals surface area contributed by atoms with Gasteiger partial charge in [0.1, 0.15) is 0 Å². The first-order valence-electron chi connectivity index (χ1n) is 18.1. The number of allylic oxidation sites excluding steroid dienone is 2. The van der Waals surface area contributed by atoms with Gasteiger partial charge in [0.25, 0.3) is 0 Å². The van der Waals surface area contributed by atoms with Gasteiger partial charge in [0.05, 0.1) is 0 Å². The summed E-state index contributed by atoms with van der Waals surface area (Å²) in [5.41, 5.74) is 13.4. The molecule has 0 saturated carbocycles. The van der Waals surface area contributed by atoms with Crippen LogP contribution in [0.15, 0.2) is 127 Å². The van der Waals surface area contributed by atoms with Gasteiger partial charge in [-0.25, -0.2) is 0 Å². The molecule has 0 fully saturated rings. The minimum atomic E-state index is -4.08. The Morgan fingerprint density at radius 2 is 0.898 bits per heavy atom. The fourth-order valence-corrected chi connectivity index (χ4v) is 52.2. The zero-order chi connectivity index (χ0) is 34.8. The van der Waals surface area contributed by atoms with Crippen LogP contribution in [0.3, 0.4) is 0 Å². The molecular weight excluding hydrogens is 771 g/mol. The first-order valence-corrected chi connectivity index (χ1v) is 36.8. The Kier molecular flexibility index (Phi) is 8.47. The second-order valence-corrected chi connectivity index (χ2v) is 63.6. The summed E-state index contributed by atoms with van der Waals surface area (Å²) in [6.45, 7) is 16.4. The van der Waals surface area contributed by atoms with Crippen LogP contribution in [0.1, 0.15) is 82.3 Å². The molecule has 0 amide bonds. The summed E-state index contributed by atoms with van der Waals surface area (Å²) >= 11 is -4.08. The van der Waals surface area contributed by atoms with Crippen molar-refractivity contribution >= 4 is 22.8 Å². The second kappa shape index (κ2) is 12.2. The van der Waals surface area contributed by atoms with Crippen molar-refractivity contribution in [2.45, 2.75) is 75.6 Å². The van der Waals surface area contributed by atoms with Gasteiger partial charge < -0.3 is 0 Å². The molecule has 0 nitrogen and oxygen atoms in total. The first kappa shape index (κ1) is 34.1. The summed E-state index contributed by atoms with van der Waals surface area (Å²) in [4.78, 5) is 0. The first-order chi connectivity index (χ1) is 23.2. The molecule has 0 aromatic heterocycles. The molecule has 0 N–H and O–H groups in total. The van der Waals surface area contributed by atoms with Crippen LogP contribution in [0.25, 0.3) is 34.4 Å². The molecule has 2 unspecified atom stereocenters. The van der Waals surface area contributed by atoms with Gasteiger partial charge in [-0.1, -0.05) is 0 Å². The Hall–Kier alpha value is -3.33. The summed E-state index contributed by atoms with van der Waals surface area (Å²) in [6.07, 6.45) is 10.3. The van der Waals surface area contributed by atoms with Crippen LogP contribution in [0.5, 0.6) is 0 Å². The number of fused-ring (bicyclic) bond motifs is 2. The van der Waals surface area contributed by atoms with Gasteiger partial charge in [-0.15, -0.1) is 0 Å². The van der Waals surface area contributed by atoms with Crippen LogP contribution in [0.2, 0.25) is 15.9 Å². The third-order valence-electron chi connectivity index (χ3n) is 12.3. The average molecular weight is 824 g/mol. The summed E-state index contributed by atoms with van der Waals surface area (Å²) in [5.74, 6) is 0. The van der Waals surface area contributed by atoms with E-state index >= 15 is 0 Å². The third-order valence-corrected chi connectivity index (χ3v) is 66.9. The maximum atomic E-state index is 2.84. The molecule has 5 aromatic carbocycles. The Labute approximate surface area is 296 Å². The zero-order valence-electron chi connectivity index (χ0n) is 30.9. The van der Waals surface area contributed by atoms with Gasteiger partial charge in [-0.05, 0) is 0 Å². The molecule has 0 heterocycles. The third kappa shape index (κ3) is 5.77. The number of benzene rings is 5. The summed E-state index contributed by atoms with van der Waals surface area (Å²) in [5, 5.41) is 1.58. The fraction of sp³-hybridized carbons (Fsp3) is 0.277. The quantitative estimate of drug-likeness (QED) is 0.155. The Balaban J connectivity index is 1.39. The molecule has 2 atom stereocenters. The molecule has 2 aliphatic carbocycles. The Morgan fingerprint density at radius 3 is 1.29 bits per heavy atom. The molecule has 0 radical (unpaired) electrons. The van der Waals surface area contributed by atoms with Crippen LogP contribution in [0.4, 0.5) is 0 Å². The fourth-order valence-electron chi connectivity index (χ4n) is 8.83. The number of hydrogen-bond acceptors (Lipinski definition) is 0. The second-order valence-electron chi connectivity index (χ2n) is 17.5. The van der Waals surface area contributed by atoms with Crippen LogP contribution in [0, 0.1) is 0 Å².